The van der Waals surface area contributed by atoms with Crippen molar-refractivity contribution < 1.29 is 15.0 Å². The average molecular weight is 241 g/mol. The number of amides is 1. The van der Waals surface area contributed by atoms with Crippen LogP contribution in [-0.2, 0) is 0 Å². The Morgan fingerprint density at radius 1 is 1.18 bits per heavy atom. The second kappa shape index (κ2) is 5.25. The Hall–Kier alpha value is -0.770. The summed E-state index contributed by atoms with van der Waals surface area (Å²) in [6.45, 7) is 1.73. The number of aliphatic hydroxyl groups excluding tert-OH is 1. The molecular formula is C13H23NO3. The van der Waals surface area contributed by atoms with Crippen molar-refractivity contribution in [1.29, 1.82) is 0 Å². The largest absolute Gasteiger partial charge is 0.465 e. The van der Waals surface area contributed by atoms with E-state index in [9.17, 15) is 4.79 Å². The number of nitrogens with zero attached hydrogens (tertiary/aromatic N) is 1. The predicted molar refractivity (Wildman–Crippen MR) is 64.9 cm³/mol. The fourth-order valence-electron chi connectivity index (χ4n) is 3.43. The summed E-state index contributed by atoms with van der Waals surface area (Å²) in [5, 5.41) is 17.9. The van der Waals surface area contributed by atoms with Gasteiger partial charge in [0, 0.05) is 19.7 Å². The van der Waals surface area contributed by atoms with Gasteiger partial charge in [0.15, 0.2) is 0 Å². The highest BCUT2D eigenvalue weighted by Crippen LogP contribution is 2.46. The third kappa shape index (κ3) is 2.92. The van der Waals surface area contributed by atoms with Crippen molar-refractivity contribution in [3.8, 4) is 0 Å². The highest BCUT2D eigenvalue weighted by Gasteiger charge is 2.38. The summed E-state index contributed by atoms with van der Waals surface area (Å²) in [6.07, 6.45) is 7.12. The van der Waals surface area contributed by atoms with Crippen molar-refractivity contribution in [1.82, 2.24) is 4.90 Å². The molecule has 1 heterocycles. The van der Waals surface area contributed by atoms with Gasteiger partial charge in [-0.1, -0.05) is 0 Å². The third-order valence-electron chi connectivity index (χ3n) is 4.80. The van der Waals surface area contributed by atoms with E-state index < -0.39 is 6.09 Å². The van der Waals surface area contributed by atoms with Crippen LogP contribution in [0.25, 0.3) is 0 Å². The van der Waals surface area contributed by atoms with Crippen molar-refractivity contribution in [3.05, 3.63) is 0 Å². The number of piperidine rings is 1. The molecular weight excluding hydrogens is 218 g/mol. The second-order valence-corrected chi connectivity index (χ2v) is 5.73. The van der Waals surface area contributed by atoms with Crippen LogP contribution in [-0.4, -0.2) is 40.9 Å². The minimum absolute atomic E-state index is 0.310. The number of aliphatic hydroxyl groups is 1. The van der Waals surface area contributed by atoms with Crippen LogP contribution in [0.2, 0.25) is 0 Å². The van der Waals surface area contributed by atoms with Crippen LogP contribution < -0.4 is 0 Å². The summed E-state index contributed by atoms with van der Waals surface area (Å²) in [7, 11) is 0. The van der Waals surface area contributed by atoms with Gasteiger partial charge in [0.1, 0.15) is 0 Å². The van der Waals surface area contributed by atoms with Crippen LogP contribution in [0.4, 0.5) is 4.79 Å². The molecule has 1 saturated carbocycles. The number of likely N-dealkylation sites (tertiary alicyclic amines) is 1. The Balaban J connectivity index is 1.82. The van der Waals surface area contributed by atoms with E-state index in [0.29, 0.717) is 31.0 Å². The lowest BCUT2D eigenvalue weighted by Crippen LogP contribution is -2.44. The van der Waals surface area contributed by atoms with Crippen LogP contribution in [0, 0.1) is 11.3 Å². The molecule has 1 spiro atoms. The van der Waals surface area contributed by atoms with Crippen LogP contribution in [0.5, 0.6) is 0 Å². The highest BCUT2D eigenvalue weighted by molar-refractivity contribution is 5.65. The minimum atomic E-state index is -0.770. The van der Waals surface area contributed by atoms with Gasteiger partial charge in [0.05, 0.1) is 0 Å². The monoisotopic (exact) mass is 241 g/mol. The molecule has 2 fully saturated rings. The fraction of sp³-hybridized carbons (Fsp3) is 0.923. The van der Waals surface area contributed by atoms with Gasteiger partial charge >= 0.3 is 6.09 Å². The number of carbonyl (C=O) groups is 1. The first kappa shape index (κ1) is 12.7. The van der Waals surface area contributed by atoms with E-state index in [1.165, 1.54) is 25.7 Å². The lowest BCUT2D eigenvalue weighted by molar-refractivity contribution is 0.0476. The zero-order chi connectivity index (χ0) is 12.3. The van der Waals surface area contributed by atoms with Gasteiger partial charge < -0.3 is 15.1 Å². The van der Waals surface area contributed by atoms with Gasteiger partial charge in [-0.05, 0) is 56.3 Å². The van der Waals surface area contributed by atoms with Crippen molar-refractivity contribution in [3.63, 3.8) is 0 Å². The SMILES string of the molecule is O=C(O)N1CCC2(CCC(CCO)CC2)CC1. The maximum Gasteiger partial charge on any atom is 0.407 e. The first-order valence-electron chi connectivity index (χ1n) is 6.74. The molecule has 1 aliphatic heterocycles. The number of hydrogen-bond acceptors (Lipinski definition) is 2. The molecule has 2 rings (SSSR count). The molecule has 1 amide bonds. The van der Waals surface area contributed by atoms with E-state index in [0.717, 1.165) is 19.3 Å². The van der Waals surface area contributed by atoms with Gasteiger partial charge in [-0.2, -0.15) is 0 Å². The topological polar surface area (TPSA) is 60.8 Å². The number of rotatable bonds is 2. The standard InChI is InChI=1S/C13H23NO3/c15-10-3-11-1-4-13(5-2-11)6-8-14(9-7-13)12(16)17/h11,15H,1-10H2,(H,16,17). The van der Waals surface area contributed by atoms with Crippen LogP contribution >= 0.6 is 0 Å². The van der Waals surface area contributed by atoms with Crippen molar-refractivity contribution in [2.24, 2.45) is 11.3 Å². The van der Waals surface area contributed by atoms with E-state index in [1.54, 1.807) is 4.90 Å². The van der Waals surface area contributed by atoms with Gasteiger partial charge in [0.2, 0.25) is 0 Å². The molecule has 0 aromatic carbocycles. The maximum absolute atomic E-state index is 10.9. The van der Waals surface area contributed by atoms with Crippen molar-refractivity contribution in [2.75, 3.05) is 19.7 Å². The van der Waals surface area contributed by atoms with Gasteiger partial charge in [0.25, 0.3) is 0 Å². The zero-order valence-electron chi connectivity index (χ0n) is 10.4. The van der Waals surface area contributed by atoms with E-state index >= 15 is 0 Å². The second-order valence-electron chi connectivity index (χ2n) is 5.73. The van der Waals surface area contributed by atoms with E-state index in [-0.39, 0.29) is 0 Å². The first-order valence-corrected chi connectivity index (χ1v) is 6.74. The quantitative estimate of drug-likeness (QED) is 0.780. The van der Waals surface area contributed by atoms with Crippen LogP contribution in [0.1, 0.15) is 44.9 Å². The molecule has 0 aromatic rings. The third-order valence-corrected chi connectivity index (χ3v) is 4.80. The first-order chi connectivity index (χ1) is 8.15. The summed E-state index contributed by atoms with van der Waals surface area (Å²) >= 11 is 0. The normalized spacial score (nSPS) is 25.1. The average Bonchev–Trinajstić information content (AvgIpc) is 2.33. The number of carboxylic acid groups (broad SMARTS) is 1. The lowest BCUT2D eigenvalue weighted by atomic mass is 9.65. The van der Waals surface area contributed by atoms with Gasteiger partial charge in [-0.3, -0.25) is 0 Å². The van der Waals surface area contributed by atoms with E-state index in [4.69, 9.17) is 10.2 Å². The molecule has 1 aliphatic carbocycles. The molecule has 0 atom stereocenters. The minimum Gasteiger partial charge on any atom is -0.465 e. The molecule has 0 unspecified atom stereocenters. The molecule has 4 nitrogen and oxygen atoms in total. The van der Waals surface area contributed by atoms with Gasteiger partial charge in [-0.25, -0.2) is 4.79 Å². The fourth-order valence-corrected chi connectivity index (χ4v) is 3.43. The molecule has 0 radical (unpaired) electrons. The highest BCUT2D eigenvalue weighted by atomic mass is 16.4. The molecule has 2 aliphatic rings. The van der Waals surface area contributed by atoms with E-state index in [1.807, 2.05) is 0 Å². The predicted octanol–water partition coefficient (Wildman–Crippen LogP) is 2.32. The summed E-state index contributed by atoms with van der Waals surface area (Å²) in [4.78, 5) is 12.4. The van der Waals surface area contributed by atoms with Crippen molar-refractivity contribution in [2.45, 2.75) is 44.9 Å². The number of hydrogen-bond donors (Lipinski definition) is 2. The molecule has 0 aromatic heterocycles. The Labute approximate surface area is 103 Å². The zero-order valence-corrected chi connectivity index (χ0v) is 10.4. The molecule has 2 N–H and O–H groups in total. The summed E-state index contributed by atoms with van der Waals surface area (Å²) in [5.41, 5.74) is 0.415. The van der Waals surface area contributed by atoms with E-state index in [2.05, 4.69) is 0 Å². The summed E-state index contributed by atoms with van der Waals surface area (Å²) < 4.78 is 0. The molecule has 0 bridgehead atoms. The van der Waals surface area contributed by atoms with Crippen LogP contribution in [0.15, 0.2) is 0 Å². The van der Waals surface area contributed by atoms with Crippen LogP contribution in [0.3, 0.4) is 0 Å². The maximum atomic E-state index is 10.9. The molecule has 4 heteroatoms. The molecule has 1 saturated heterocycles. The smallest absolute Gasteiger partial charge is 0.407 e. The molecule has 98 valence electrons. The molecule has 17 heavy (non-hydrogen) atoms. The van der Waals surface area contributed by atoms with Crippen molar-refractivity contribution >= 4 is 6.09 Å². The summed E-state index contributed by atoms with van der Waals surface area (Å²) in [5.74, 6) is 0.697. The Morgan fingerprint density at radius 3 is 2.24 bits per heavy atom. The Bertz CT molecular complexity index is 262. The van der Waals surface area contributed by atoms with Gasteiger partial charge in [-0.15, -0.1) is 0 Å². The Kier molecular flexibility index (Phi) is 3.92. The summed E-state index contributed by atoms with van der Waals surface area (Å²) in [6, 6.07) is 0. The Morgan fingerprint density at radius 2 is 1.76 bits per heavy atom. The lowest BCUT2D eigenvalue weighted by Gasteiger charge is -2.45.